The second-order valence-corrected chi connectivity index (χ2v) is 9.24. The Bertz CT molecular complexity index is 720. The van der Waals surface area contributed by atoms with Crippen LogP contribution in [0.4, 0.5) is 5.69 Å². The maximum absolute atomic E-state index is 13.0. The van der Waals surface area contributed by atoms with Crippen LogP contribution >= 0.6 is 0 Å². The molecule has 6 nitrogen and oxygen atoms in total. The molecule has 2 saturated heterocycles. The molecule has 166 valence electrons. The van der Waals surface area contributed by atoms with Gasteiger partial charge in [0.05, 0.1) is 12.6 Å². The molecule has 1 aromatic rings. The summed E-state index contributed by atoms with van der Waals surface area (Å²) in [6.45, 7) is 14.0. The van der Waals surface area contributed by atoms with Gasteiger partial charge in [-0.2, -0.15) is 0 Å². The molecule has 2 heterocycles. The van der Waals surface area contributed by atoms with Crippen molar-refractivity contribution in [1.29, 1.82) is 0 Å². The van der Waals surface area contributed by atoms with Gasteiger partial charge in [0.2, 0.25) is 11.8 Å². The summed E-state index contributed by atoms with van der Waals surface area (Å²) in [7, 11) is 0. The van der Waals surface area contributed by atoms with Gasteiger partial charge in [-0.1, -0.05) is 39.0 Å². The second kappa shape index (κ2) is 10.4. The highest BCUT2D eigenvalue weighted by Crippen LogP contribution is 2.22. The number of likely N-dealkylation sites (tertiary alicyclic amines) is 1. The van der Waals surface area contributed by atoms with Gasteiger partial charge in [-0.05, 0) is 43.2 Å². The first kappa shape index (κ1) is 22.8. The maximum atomic E-state index is 13.0. The number of hydrogen-bond acceptors (Lipinski definition) is 4. The fraction of sp³-hybridized carbons (Fsp3) is 0.667. The number of carbonyl (C=O) groups excluding carboxylic acids is 2. The summed E-state index contributed by atoms with van der Waals surface area (Å²) in [5.41, 5.74) is 2.07. The number of rotatable bonds is 6. The van der Waals surface area contributed by atoms with Crippen molar-refractivity contribution in [2.24, 2.45) is 11.8 Å². The van der Waals surface area contributed by atoms with Crippen LogP contribution in [0.2, 0.25) is 0 Å². The molecule has 0 saturated carbocycles. The topological polar surface area (TPSA) is 55.9 Å². The van der Waals surface area contributed by atoms with Gasteiger partial charge in [-0.3, -0.25) is 19.4 Å². The van der Waals surface area contributed by atoms with Crippen LogP contribution in [0, 0.1) is 11.8 Å². The van der Waals surface area contributed by atoms with E-state index < -0.39 is 0 Å². The zero-order valence-electron chi connectivity index (χ0n) is 19.1. The first-order chi connectivity index (χ1) is 14.4. The van der Waals surface area contributed by atoms with Crippen LogP contribution in [0.15, 0.2) is 24.3 Å². The van der Waals surface area contributed by atoms with Crippen molar-refractivity contribution in [1.82, 2.24) is 14.7 Å². The number of nitrogens with one attached hydrogen (secondary N) is 1. The molecule has 30 heavy (non-hydrogen) atoms. The Morgan fingerprint density at radius 2 is 1.70 bits per heavy atom. The van der Waals surface area contributed by atoms with Gasteiger partial charge in [-0.15, -0.1) is 0 Å². The first-order valence-electron chi connectivity index (χ1n) is 11.5. The Kier molecular flexibility index (Phi) is 7.89. The Morgan fingerprint density at radius 1 is 1.07 bits per heavy atom. The molecule has 1 aromatic carbocycles. The molecule has 0 spiro atoms. The van der Waals surface area contributed by atoms with Gasteiger partial charge in [0.25, 0.3) is 0 Å². The number of aryl methyl sites for hydroxylation is 1. The van der Waals surface area contributed by atoms with Gasteiger partial charge >= 0.3 is 0 Å². The number of anilines is 1. The number of nitrogens with zero attached hydrogens (tertiary/aromatic N) is 3. The number of piperazine rings is 1. The van der Waals surface area contributed by atoms with Crippen molar-refractivity contribution >= 4 is 17.5 Å². The van der Waals surface area contributed by atoms with E-state index in [-0.39, 0.29) is 17.9 Å². The number of benzene rings is 1. The molecule has 2 amide bonds. The number of piperidine rings is 1. The quantitative estimate of drug-likeness (QED) is 0.778. The molecule has 0 radical (unpaired) electrons. The first-order valence-corrected chi connectivity index (χ1v) is 11.5. The fourth-order valence-corrected chi connectivity index (χ4v) is 4.92. The van der Waals surface area contributed by atoms with E-state index in [9.17, 15) is 9.59 Å². The molecule has 0 aliphatic carbocycles. The van der Waals surface area contributed by atoms with Crippen LogP contribution < -0.4 is 5.32 Å². The molecule has 0 aromatic heterocycles. The Morgan fingerprint density at radius 3 is 2.33 bits per heavy atom. The van der Waals surface area contributed by atoms with Gasteiger partial charge < -0.3 is 10.2 Å². The molecule has 1 N–H and O–H groups in total. The van der Waals surface area contributed by atoms with Crippen LogP contribution in [0.1, 0.15) is 39.7 Å². The molecule has 6 heteroatoms. The maximum Gasteiger partial charge on any atom is 0.239 e. The molecule has 2 aliphatic heterocycles. The zero-order chi connectivity index (χ0) is 21.7. The number of para-hydroxylation sites is 1. The van der Waals surface area contributed by atoms with Crippen LogP contribution in [0.5, 0.6) is 0 Å². The standard InChI is InChI=1S/C24H38N4O2/c1-5-21-8-6-7-9-22(21)25-23(29)17-26-10-12-27(13-11-26)20(4)24(30)28-15-18(2)14-19(3)16-28/h6-9,18-20H,5,10-17H2,1-4H3,(H,25,29). The molecule has 3 rings (SSSR count). The van der Waals surface area contributed by atoms with Crippen LogP contribution in [0.25, 0.3) is 0 Å². The highest BCUT2D eigenvalue weighted by atomic mass is 16.2. The Hall–Kier alpha value is -1.92. The van der Waals surface area contributed by atoms with Crippen LogP contribution in [-0.2, 0) is 16.0 Å². The van der Waals surface area contributed by atoms with E-state index in [1.807, 2.05) is 25.1 Å². The molecular weight excluding hydrogens is 376 g/mol. The van der Waals surface area contributed by atoms with E-state index in [4.69, 9.17) is 0 Å². The van der Waals surface area contributed by atoms with Crippen molar-refractivity contribution in [2.75, 3.05) is 51.1 Å². The van der Waals surface area contributed by atoms with E-state index in [1.54, 1.807) is 0 Å². The Balaban J connectivity index is 1.46. The van der Waals surface area contributed by atoms with Crippen LogP contribution in [-0.4, -0.2) is 78.4 Å². The van der Waals surface area contributed by atoms with Crippen molar-refractivity contribution in [2.45, 2.75) is 46.6 Å². The predicted molar refractivity (Wildman–Crippen MR) is 121 cm³/mol. The summed E-state index contributed by atoms with van der Waals surface area (Å²) in [5.74, 6) is 1.46. The molecule has 3 unspecified atom stereocenters. The monoisotopic (exact) mass is 414 g/mol. The average molecular weight is 415 g/mol. The van der Waals surface area contributed by atoms with Crippen molar-refractivity contribution in [3.63, 3.8) is 0 Å². The van der Waals surface area contributed by atoms with Crippen molar-refractivity contribution in [3.8, 4) is 0 Å². The summed E-state index contributed by atoms with van der Waals surface area (Å²) in [5, 5.41) is 3.06. The summed E-state index contributed by atoms with van der Waals surface area (Å²) in [4.78, 5) is 32.0. The average Bonchev–Trinajstić information content (AvgIpc) is 2.73. The van der Waals surface area contributed by atoms with Crippen LogP contribution in [0.3, 0.4) is 0 Å². The van der Waals surface area contributed by atoms with E-state index in [2.05, 4.69) is 46.9 Å². The Labute approximate surface area is 181 Å². The smallest absolute Gasteiger partial charge is 0.239 e. The lowest BCUT2D eigenvalue weighted by Gasteiger charge is -2.41. The molecule has 0 bridgehead atoms. The minimum Gasteiger partial charge on any atom is -0.341 e. The van der Waals surface area contributed by atoms with E-state index in [0.29, 0.717) is 18.4 Å². The molecular formula is C24H38N4O2. The zero-order valence-corrected chi connectivity index (χ0v) is 19.1. The van der Waals surface area contributed by atoms with Gasteiger partial charge in [0, 0.05) is 45.0 Å². The molecule has 2 aliphatic rings. The summed E-state index contributed by atoms with van der Waals surface area (Å²) in [6, 6.07) is 7.88. The van der Waals surface area contributed by atoms with E-state index in [1.165, 1.54) is 6.42 Å². The lowest BCUT2D eigenvalue weighted by molar-refractivity contribution is -0.140. The second-order valence-electron chi connectivity index (χ2n) is 9.24. The minimum absolute atomic E-state index is 0.0322. The SMILES string of the molecule is CCc1ccccc1NC(=O)CN1CCN(C(C)C(=O)N2CC(C)CC(C)C2)CC1. The van der Waals surface area contributed by atoms with Gasteiger partial charge in [0.1, 0.15) is 0 Å². The van der Waals surface area contributed by atoms with Gasteiger partial charge in [-0.25, -0.2) is 0 Å². The lowest BCUT2D eigenvalue weighted by atomic mass is 9.91. The minimum atomic E-state index is -0.0880. The van der Waals surface area contributed by atoms with Crippen molar-refractivity contribution in [3.05, 3.63) is 29.8 Å². The van der Waals surface area contributed by atoms with Crippen molar-refractivity contribution < 1.29 is 9.59 Å². The number of carbonyl (C=O) groups is 2. The third-order valence-corrected chi connectivity index (χ3v) is 6.53. The van der Waals surface area contributed by atoms with E-state index in [0.717, 1.165) is 56.9 Å². The largest absolute Gasteiger partial charge is 0.341 e. The third kappa shape index (κ3) is 5.82. The molecule has 2 fully saturated rings. The third-order valence-electron chi connectivity index (χ3n) is 6.53. The van der Waals surface area contributed by atoms with Gasteiger partial charge in [0.15, 0.2) is 0 Å². The predicted octanol–water partition coefficient (Wildman–Crippen LogP) is 2.70. The summed E-state index contributed by atoms with van der Waals surface area (Å²) >= 11 is 0. The van der Waals surface area contributed by atoms with E-state index >= 15 is 0 Å². The highest BCUT2D eigenvalue weighted by Gasteiger charge is 2.32. The number of amides is 2. The highest BCUT2D eigenvalue weighted by molar-refractivity contribution is 5.93. The summed E-state index contributed by atoms with van der Waals surface area (Å²) < 4.78 is 0. The normalized spacial score (nSPS) is 24.5. The fourth-order valence-electron chi connectivity index (χ4n) is 4.92. The lowest BCUT2D eigenvalue weighted by Crippen LogP contribution is -2.56. The summed E-state index contributed by atoms with van der Waals surface area (Å²) in [6.07, 6.45) is 2.11. The number of hydrogen-bond donors (Lipinski definition) is 1. The molecule has 3 atom stereocenters.